The number of nitrogens with one attached hydrogen (secondary N) is 2. The Bertz CT molecular complexity index is 922. The van der Waals surface area contributed by atoms with E-state index in [1.807, 2.05) is 18.2 Å². The van der Waals surface area contributed by atoms with Crippen LogP contribution < -0.4 is 10.6 Å². The van der Waals surface area contributed by atoms with E-state index in [4.69, 9.17) is 0 Å². The van der Waals surface area contributed by atoms with E-state index in [2.05, 4.69) is 36.4 Å². The molecule has 1 heterocycles. The zero-order chi connectivity index (χ0) is 21.3. The summed E-state index contributed by atoms with van der Waals surface area (Å²) in [6, 6.07) is 9.37. The molecule has 1 aromatic heterocycles. The highest BCUT2D eigenvalue weighted by molar-refractivity contribution is 7.16. The second kappa shape index (κ2) is 8.50. The van der Waals surface area contributed by atoms with Crippen molar-refractivity contribution in [1.29, 1.82) is 0 Å². The van der Waals surface area contributed by atoms with Crippen molar-refractivity contribution in [3.63, 3.8) is 0 Å². The fourth-order valence-corrected chi connectivity index (χ4v) is 6.30. The van der Waals surface area contributed by atoms with Crippen molar-refractivity contribution in [3.8, 4) is 0 Å². The molecule has 2 aliphatic rings. The number of nitrogens with zero attached hydrogens (tertiary/aromatic N) is 1. The van der Waals surface area contributed by atoms with E-state index in [1.54, 1.807) is 12.1 Å². The van der Waals surface area contributed by atoms with Gasteiger partial charge in [0.25, 0.3) is 5.91 Å². The number of amides is 2. The molecule has 5 nitrogen and oxygen atoms in total. The average molecular weight is 426 g/mol. The van der Waals surface area contributed by atoms with Gasteiger partial charge in [-0.2, -0.15) is 0 Å². The maximum atomic E-state index is 13.2. The Labute approximate surface area is 182 Å². The van der Waals surface area contributed by atoms with Crippen LogP contribution >= 0.6 is 11.3 Å². The Morgan fingerprint density at radius 2 is 1.93 bits per heavy atom. The lowest BCUT2D eigenvalue weighted by Gasteiger charge is -2.39. The minimum atomic E-state index is -0.215. The van der Waals surface area contributed by atoms with Crippen LogP contribution in [0.2, 0.25) is 0 Å². The number of benzene rings is 1. The van der Waals surface area contributed by atoms with E-state index in [0.29, 0.717) is 16.6 Å². The van der Waals surface area contributed by atoms with Gasteiger partial charge in [0.15, 0.2) is 5.13 Å². The quantitative estimate of drug-likeness (QED) is 0.712. The summed E-state index contributed by atoms with van der Waals surface area (Å²) in [5.74, 6) is 0.339. The molecular formula is C24H31N3O2S. The molecule has 0 aliphatic heterocycles. The third kappa shape index (κ3) is 4.75. The van der Waals surface area contributed by atoms with Gasteiger partial charge in [-0.25, -0.2) is 4.98 Å². The van der Waals surface area contributed by atoms with Crippen molar-refractivity contribution in [2.75, 3.05) is 5.32 Å². The molecule has 1 fully saturated rings. The van der Waals surface area contributed by atoms with Gasteiger partial charge in [0, 0.05) is 16.5 Å². The number of hydrogen-bond acceptors (Lipinski definition) is 4. The zero-order valence-electron chi connectivity index (χ0n) is 18.0. The molecule has 2 N–H and O–H groups in total. The molecule has 0 spiro atoms. The molecule has 160 valence electrons. The average Bonchev–Trinajstić information content (AvgIpc) is 3.09. The van der Waals surface area contributed by atoms with Gasteiger partial charge in [0.05, 0.1) is 11.6 Å². The first-order valence-corrected chi connectivity index (χ1v) is 11.8. The summed E-state index contributed by atoms with van der Waals surface area (Å²) in [6.07, 6.45) is 6.00. The number of carbonyl (C=O) groups is 2. The fourth-order valence-electron chi connectivity index (χ4n) is 5.24. The number of rotatable bonds is 4. The largest absolute Gasteiger partial charge is 0.353 e. The van der Waals surface area contributed by atoms with Crippen molar-refractivity contribution < 1.29 is 9.59 Å². The second-order valence-electron chi connectivity index (χ2n) is 9.71. The van der Waals surface area contributed by atoms with Gasteiger partial charge in [-0.05, 0) is 62.0 Å². The fraction of sp³-hybridized carbons (Fsp3) is 0.542. The topological polar surface area (TPSA) is 71.1 Å². The maximum Gasteiger partial charge on any atom is 0.257 e. The SMILES string of the molecule is CC1CC(NC(=O)C2CCCc3sc(NC(=O)c4ccccc4)nc32)CC(C)(C)C1. The molecule has 3 unspecified atom stereocenters. The molecule has 0 radical (unpaired) electrons. The lowest BCUT2D eigenvalue weighted by molar-refractivity contribution is -0.124. The van der Waals surface area contributed by atoms with Crippen molar-refractivity contribution in [3.05, 3.63) is 46.5 Å². The Kier molecular flexibility index (Phi) is 5.96. The summed E-state index contributed by atoms with van der Waals surface area (Å²) in [6.45, 7) is 6.87. The van der Waals surface area contributed by atoms with Crippen molar-refractivity contribution in [1.82, 2.24) is 10.3 Å². The van der Waals surface area contributed by atoms with E-state index in [1.165, 1.54) is 17.8 Å². The third-order valence-electron chi connectivity index (χ3n) is 6.26. The first-order chi connectivity index (χ1) is 14.3. The third-order valence-corrected chi connectivity index (χ3v) is 7.31. The number of fused-ring (bicyclic) bond motifs is 1. The Hall–Kier alpha value is -2.21. The van der Waals surface area contributed by atoms with Crippen molar-refractivity contribution in [2.45, 2.75) is 71.3 Å². The molecule has 0 saturated heterocycles. The molecule has 3 atom stereocenters. The summed E-state index contributed by atoms with van der Waals surface area (Å²) in [5, 5.41) is 6.82. The van der Waals surface area contributed by atoms with Crippen LogP contribution in [0.25, 0.3) is 0 Å². The summed E-state index contributed by atoms with van der Waals surface area (Å²) < 4.78 is 0. The Morgan fingerprint density at radius 3 is 2.67 bits per heavy atom. The summed E-state index contributed by atoms with van der Waals surface area (Å²) >= 11 is 1.50. The summed E-state index contributed by atoms with van der Waals surface area (Å²) in [4.78, 5) is 31.4. The monoisotopic (exact) mass is 425 g/mol. The highest BCUT2D eigenvalue weighted by atomic mass is 32.1. The van der Waals surface area contributed by atoms with Crippen LogP contribution in [0.5, 0.6) is 0 Å². The highest BCUT2D eigenvalue weighted by Gasteiger charge is 2.36. The van der Waals surface area contributed by atoms with Gasteiger partial charge >= 0.3 is 0 Å². The number of aromatic nitrogens is 1. The molecule has 2 aromatic rings. The first kappa shape index (κ1) is 21.0. The molecule has 2 aliphatic carbocycles. The van der Waals surface area contributed by atoms with Gasteiger partial charge in [-0.15, -0.1) is 11.3 Å². The van der Waals surface area contributed by atoms with E-state index in [0.717, 1.165) is 42.7 Å². The summed E-state index contributed by atoms with van der Waals surface area (Å²) in [5.41, 5.74) is 1.73. The van der Waals surface area contributed by atoms with E-state index >= 15 is 0 Å². The van der Waals surface area contributed by atoms with E-state index < -0.39 is 0 Å². The zero-order valence-corrected chi connectivity index (χ0v) is 18.8. The van der Waals surface area contributed by atoms with Gasteiger partial charge in [0.1, 0.15) is 0 Å². The summed E-state index contributed by atoms with van der Waals surface area (Å²) in [7, 11) is 0. The molecule has 6 heteroatoms. The number of anilines is 1. The van der Waals surface area contributed by atoms with Crippen LogP contribution in [0, 0.1) is 11.3 Å². The van der Waals surface area contributed by atoms with Crippen molar-refractivity contribution in [2.24, 2.45) is 11.3 Å². The molecule has 0 bridgehead atoms. The molecule has 1 saturated carbocycles. The van der Waals surface area contributed by atoms with E-state index in [9.17, 15) is 9.59 Å². The van der Waals surface area contributed by atoms with Gasteiger partial charge in [-0.1, -0.05) is 39.0 Å². The predicted molar refractivity (Wildman–Crippen MR) is 121 cm³/mol. The number of carbonyl (C=O) groups excluding carboxylic acids is 2. The van der Waals surface area contributed by atoms with Crippen LogP contribution in [0.1, 0.15) is 79.7 Å². The van der Waals surface area contributed by atoms with Crippen LogP contribution in [-0.4, -0.2) is 22.8 Å². The predicted octanol–water partition coefficient (Wildman–Crippen LogP) is 5.15. The lowest BCUT2D eigenvalue weighted by atomic mass is 9.70. The normalized spacial score (nSPS) is 25.2. The van der Waals surface area contributed by atoms with Crippen LogP contribution in [0.3, 0.4) is 0 Å². The van der Waals surface area contributed by atoms with Gasteiger partial charge in [0.2, 0.25) is 5.91 Å². The second-order valence-corrected chi connectivity index (χ2v) is 10.8. The lowest BCUT2D eigenvalue weighted by Crippen LogP contribution is -2.45. The Morgan fingerprint density at radius 1 is 1.17 bits per heavy atom. The smallest absolute Gasteiger partial charge is 0.257 e. The van der Waals surface area contributed by atoms with Gasteiger partial charge in [-0.3, -0.25) is 14.9 Å². The van der Waals surface area contributed by atoms with E-state index in [-0.39, 0.29) is 29.2 Å². The van der Waals surface area contributed by atoms with Crippen LogP contribution in [0.4, 0.5) is 5.13 Å². The highest BCUT2D eigenvalue weighted by Crippen LogP contribution is 2.40. The number of hydrogen-bond donors (Lipinski definition) is 2. The maximum absolute atomic E-state index is 13.2. The van der Waals surface area contributed by atoms with Crippen molar-refractivity contribution >= 4 is 28.3 Å². The Balaban J connectivity index is 1.46. The minimum Gasteiger partial charge on any atom is -0.353 e. The minimum absolute atomic E-state index is 0.0945. The standard InChI is InChI=1S/C24H31N3O2S/c1-15-12-17(14-24(2,3)13-15)25-22(29)18-10-7-11-19-20(18)26-23(30-19)27-21(28)16-8-5-4-6-9-16/h4-6,8-9,15,17-18H,7,10-14H2,1-3H3,(H,25,29)(H,26,27,28). The van der Waals surface area contributed by atoms with Crippen LogP contribution in [0.15, 0.2) is 30.3 Å². The number of thiazole rings is 1. The molecular weight excluding hydrogens is 394 g/mol. The number of aryl methyl sites for hydroxylation is 1. The molecule has 4 rings (SSSR count). The molecule has 1 aromatic carbocycles. The molecule has 2 amide bonds. The van der Waals surface area contributed by atoms with Gasteiger partial charge < -0.3 is 5.32 Å². The first-order valence-electron chi connectivity index (χ1n) is 11.0. The van der Waals surface area contributed by atoms with Crippen LogP contribution in [-0.2, 0) is 11.2 Å². The molecule has 30 heavy (non-hydrogen) atoms.